The number of carbonyl (C=O) groups is 5. The zero-order valence-corrected chi connectivity index (χ0v) is 18.1. The summed E-state index contributed by atoms with van der Waals surface area (Å²) < 4.78 is 36.3. The molecule has 0 aliphatic carbocycles. The Balaban J connectivity index is 3.35. The predicted octanol–water partition coefficient (Wildman–Crippen LogP) is 0.163. The molecule has 0 unspecified atom stereocenters. The summed E-state index contributed by atoms with van der Waals surface area (Å²) in [5, 5.41) is 0. The Bertz CT molecular complexity index is 727. The van der Waals surface area contributed by atoms with Gasteiger partial charge in [0.25, 0.3) is 0 Å². The summed E-state index contributed by atoms with van der Waals surface area (Å²) in [5.74, 6) is -3.62. The van der Waals surface area contributed by atoms with E-state index < -0.39 is 67.2 Å². The fourth-order valence-corrected chi connectivity index (χ4v) is 2.68. The maximum absolute atomic E-state index is 11.7. The molecule has 12 heteroatoms. The second-order valence-corrected chi connectivity index (χ2v) is 6.50. The van der Waals surface area contributed by atoms with Gasteiger partial charge in [-0.3, -0.25) is 19.2 Å². The molecule has 1 fully saturated rings. The lowest BCUT2D eigenvalue weighted by Crippen LogP contribution is -2.62. The van der Waals surface area contributed by atoms with E-state index in [2.05, 4.69) is 4.74 Å². The van der Waals surface area contributed by atoms with E-state index in [0.717, 1.165) is 34.0 Å². The average molecular weight is 446 g/mol. The van der Waals surface area contributed by atoms with E-state index in [9.17, 15) is 24.0 Å². The van der Waals surface area contributed by atoms with E-state index in [1.807, 2.05) is 0 Å². The fraction of sp³-hybridized carbons (Fsp3) is 0.632. The van der Waals surface area contributed by atoms with Crippen LogP contribution in [0.4, 0.5) is 0 Å². The smallest absolute Gasteiger partial charge is 0.336 e. The van der Waals surface area contributed by atoms with Crippen molar-refractivity contribution in [3.8, 4) is 0 Å². The first-order valence-corrected chi connectivity index (χ1v) is 9.17. The summed E-state index contributed by atoms with van der Waals surface area (Å²) in [5.41, 5.74) is 0.0513. The molecular weight excluding hydrogens is 420 g/mol. The highest BCUT2D eigenvalue weighted by molar-refractivity contribution is 5.87. The van der Waals surface area contributed by atoms with Crippen molar-refractivity contribution in [3.05, 3.63) is 11.8 Å². The van der Waals surface area contributed by atoms with Crippen molar-refractivity contribution >= 4 is 29.8 Å². The molecule has 31 heavy (non-hydrogen) atoms. The molecule has 0 aromatic heterocycles. The van der Waals surface area contributed by atoms with Crippen molar-refractivity contribution < 1.29 is 57.1 Å². The first-order valence-electron chi connectivity index (χ1n) is 9.17. The van der Waals surface area contributed by atoms with Crippen molar-refractivity contribution in [1.82, 2.24) is 0 Å². The van der Waals surface area contributed by atoms with E-state index in [-0.39, 0.29) is 5.57 Å². The van der Waals surface area contributed by atoms with Crippen molar-refractivity contribution in [2.45, 2.75) is 65.3 Å². The van der Waals surface area contributed by atoms with E-state index in [4.69, 9.17) is 28.4 Å². The molecule has 1 rings (SSSR count). The molecule has 0 spiro atoms. The topological polar surface area (TPSA) is 150 Å². The van der Waals surface area contributed by atoms with E-state index in [1.165, 1.54) is 14.0 Å². The van der Waals surface area contributed by atoms with Crippen LogP contribution >= 0.6 is 0 Å². The van der Waals surface area contributed by atoms with Crippen LogP contribution in [0.3, 0.4) is 0 Å². The molecule has 5 atom stereocenters. The summed E-state index contributed by atoms with van der Waals surface area (Å²) in [6.07, 6.45) is -5.61. The van der Waals surface area contributed by atoms with Crippen LogP contribution in [0.5, 0.6) is 0 Å². The molecule has 0 aromatic carbocycles. The van der Waals surface area contributed by atoms with Crippen molar-refractivity contribution in [2.24, 2.45) is 0 Å². The van der Waals surface area contributed by atoms with Crippen molar-refractivity contribution in [2.75, 3.05) is 13.7 Å². The third-order valence-electron chi connectivity index (χ3n) is 3.83. The Kier molecular flexibility index (Phi) is 9.93. The third-order valence-corrected chi connectivity index (χ3v) is 3.83. The first kappa shape index (κ1) is 25.9. The Morgan fingerprint density at radius 3 is 1.77 bits per heavy atom. The number of methoxy groups -OCH3 is 1. The molecule has 0 amide bonds. The molecule has 1 aliphatic rings. The summed E-state index contributed by atoms with van der Waals surface area (Å²) in [4.78, 5) is 57.9. The van der Waals surface area contributed by atoms with Crippen molar-refractivity contribution in [1.29, 1.82) is 0 Å². The Morgan fingerprint density at radius 1 is 0.774 bits per heavy atom. The van der Waals surface area contributed by atoms with Gasteiger partial charge in [-0.25, -0.2) is 4.79 Å². The Labute approximate surface area is 178 Å². The number of carbonyl (C=O) groups excluding carboxylic acids is 5. The van der Waals surface area contributed by atoms with Crippen LogP contribution in [0.15, 0.2) is 11.8 Å². The summed E-state index contributed by atoms with van der Waals surface area (Å²) >= 11 is 0. The van der Waals surface area contributed by atoms with Gasteiger partial charge in [-0.05, 0) is 6.92 Å². The van der Waals surface area contributed by atoms with Gasteiger partial charge in [0, 0.05) is 27.7 Å². The van der Waals surface area contributed by atoms with Gasteiger partial charge in [-0.1, -0.05) is 0 Å². The normalized spacial score (nSPS) is 25.6. The maximum atomic E-state index is 11.7. The number of esters is 5. The molecule has 0 aromatic rings. The van der Waals surface area contributed by atoms with Gasteiger partial charge in [-0.2, -0.15) is 0 Å². The molecule has 0 bridgehead atoms. The zero-order valence-electron chi connectivity index (χ0n) is 18.1. The molecular formula is C19H26O12. The molecule has 1 saturated heterocycles. The maximum Gasteiger partial charge on any atom is 0.336 e. The number of hydrogen-bond donors (Lipinski definition) is 0. The molecule has 0 N–H and O–H groups in total. The second kappa shape index (κ2) is 11.9. The lowest BCUT2D eigenvalue weighted by molar-refractivity contribution is -0.297. The van der Waals surface area contributed by atoms with Crippen LogP contribution in [-0.4, -0.2) is 74.3 Å². The van der Waals surface area contributed by atoms with Crippen LogP contribution in [0.1, 0.15) is 34.6 Å². The molecule has 174 valence electrons. The van der Waals surface area contributed by atoms with Gasteiger partial charge < -0.3 is 33.2 Å². The molecule has 1 aliphatic heterocycles. The molecule has 1 heterocycles. The largest absolute Gasteiger partial charge is 0.468 e. The van der Waals surface area contributed by atoms with E-state index >= 15 is 0 Å². The third kappa shape index (κ3) is 8.24. The van der Waals surface area contributed by atoms with Crippen LogP contribution in [0.25, 0.3) is 0 Å². The monoisotopic (exact) mass is 446 g/mol. The van der Waals surface area contributed by atoms with Gasteiger partial charge in [0.1, 0.15) is 12.7 Å². The highest BCUT2D eigenvalue weighted by Crippen LogP contribution is 2.30. The van der Waals surface area contributed by atoms with Crippen molar-refractivity contribution in [3.63, 3.8) is 0 Å². The van der Waals surface area contributed by atoms with Gasteiger partial charge >= 0.3 is 29.8 Å². The Hall–Kier alpha value is -3.15. The zero-order chi connectivity index (χ0) is 23.7. The number of ether oxygens (including phenoxy) is 7. The highest BCUT2D eigenvalue weighted by atomic mass is 16.7. The van der Waals surface area contributed by atoms with Gasteiger partial charge in [0.15, 0.2) is 12.2 Å². The quantitative estimate of drug-likeness (QED) is 0.216. The molecule has 0 saturated carbocycles. The minimum absolute atomic E-state index is 0.0513. The van der Waals surface area contributed by atoms with Gasteiger partial charge in [0.2, 0.25) is 12.4 Å². The van der Waals surface area contributed by atoms with Crippen LogP contribution in [0.2, 0.25) is 0 Å². The lowest BCUT2D eigenvalue weighted by Gasteiger charge is -2.43. The Morgan fingerprint density at radius 2 is 1.29 bits per heavy atom. The van der Waals surface area contributed by atoms with Crippen LogP contribution in [0, 0.1) is 0 Å². The van der Waals surface area contributed by atoms with Gasteiger partial charge in [-0.15, -0.1) is 0 Å². The average Bonchev–Trinajstić information content (AvgIpc) is 2.66. The minimum Gasteiger partial charge on any atom is -0.468 e. The highest BCUT2D eigenvalue weighted by Gasteiger charge is 2.53. The first-order chi connectivity index (χ1) is 14.5. The van der Waals surface area contributed by atoms with Crippen LogP contribution in [-0.2, 0) is 57.1 Å². The predicted molar refractivity (Wildman–Crippen MR) is 98.8 cm³/mol. The standard InChI is InChI=1S/C19H26O12/c1-9(18(24)25-6)7-27-19-17(30-13(5)23)16(29-12(4)22)15(28-11(3)21)14(31-19)8-26-10(2)20/h7,14-17,19H,8H2,1-6H3/b9-7+/t14-,15-,16+,17-,19-/m1/s1. The number of rotatable bonds is 8. The summed E-state index contributed by atoms with van der Waals surface area (Å²) in [7, 11) is 1.17. The van der Waals surface area contributed by atoms with E-state index in [1.54, 1.807) is 0 Å². The van der Waals surface area contributed by atoms with E-state index in [0.29, 0.717) is 0 Å². The summed E-state index contributed by atoms with van der Waals surface area (Å²) in [6.45, 7) is 5.48. The minimum atomic E-state index is -1.42. The lowest BCUT2D eigenvalue weighted by atomic mass is 9.98. The fourth-order valence-electron chi connectivity index (χ4n) is 2.68. The van der Waals surface area contributed by atoms with Gasteiger partial charge in [0.05, 0.1) is 18.9 Å². The molecule has 0 radical (unpaired) electrons. The molecule has 12 nitrogen and oxygen atoms in total. The van der Waals surface area contributed by atoms with Crippen LogP contribution < -0.4 is 0 Å². The SMILES string of the molecule is COC(=O)/C(C)=C/O[C@@H]1O[C@H](COC(C)=O)[C@@H](OC(C)=O)[C@H](OC(C)=O)[C@H]1OC(C)=O. The number of hydrogen-bond acceptors (Lipinski definition) is 12. The summed E-state index contributed by atoms with van der Waals surface area (Å²) in [6, 6.07) is 0. The second-order valence-electron chi connectivity index (χ2n) is 6.50.